The predicted molar refractivity (Wildman–Crippen MR) is 92.5 cm³/mol. The fourth-order valence-electron chi connectivity index (χ4n) is 3.65. The Kier molecular flexibility index (Phi) is 4.90. The largest absolute Gasteiger partial charge is 0.391 e. The molecule has 0 saturated carbocycles. The molecular formula is C19H24FN3O2. The lowest BCUT2D eigenvalue weighted by Crippen LogP contribution is -2.32. The lowest BCUT2D eigenvalue weighted by molar-refractivity contribution is -0.132. The van der Waals surface area contributed by atoms with Crippen molar-refractivity contribution in [1.82, 2.24) is 14.7 Å². The van der Waals surface area contributed by atoms with Crippen LogP contribution < -0.4 is 0 Å². The molecule has 1 aromatic heterocycles. The van der Waals surface area contributed by atoms with E-state index in [1.807, 2.05) is 25.6 Å². The van der Waals surface area contributed by atoms with E-state index < -0.39 is 6.10 Å². The van der Waals surface area contributed by atoms with Crippen LogP contribution in [0.2, 0.25) is 0 Å². The number of likely N-dealkylation sites (tertiary alicyclic amines) is 1. The van der Waals surface area contributed by atoms with Crippen LogP contribution in [0.1, 0.15) is 41.4 Å². The van der Waals surface area contributed by atoms with Crippen molar-refractivity contribution < 1.29 is 14.3 Å². The van der Waals surface area contributed by atoms with E-state index in [0.717, 1.165) is 22.5 Å². The molecule has 2 heterocycles. The molecule has 0 bridgehead atoms. The number of aliphatic hydroxyl groups excluding tert-OH is 1. The molecule has 2 atom stereocenters. The molecule has 0 radical (unpaired) electrons. The Morgan fingerprint density at radius 3 is 2.60 bits per heavy atom. The highest BCUT2D eigenvalue weighted by Gasteiger charge is 2.35. The quantitative estimate of drug-likeness (QED) is 0.926. The third-order valence-electron chi connectivity index (χ3n) is 5.10. The fourth-order valence-corrected chi connectivity index (χ4v) is 3.65. The van der Waals surface area contributed by atoms with E-state index in [2.05, 4.69) is 5.10 Å². The molecule has 0 unspecified atom stereocenters. The maximum absolute atomic E-state index is 13.2. The van der Waals surface area contributed by atoms with E-state index >= 15 is 0 Å². The van der Waals surface area contributed by atoms with Crippen molar-refractivity contribution in [1.29, 1.82) is 0 Å². The maximum atomic E-state index is 13.2. The summed E-state index contributed by atoms with van der Waals surface area (Å²) < 4.78 is 15.0. The van der Waals surface area contributed by atoms with Crippen LogP contribution in [0.15, 0.2) is 24.3 Å². The van der Waals surface area contributed by atoms with Crippen LogP contribution in [-0.2, 0) is 18.3 Å². The number of hydrogen-bond acceptors (Lipinski definition) is 3. The molecule has 25 heavy (non-hydrogen) atoms. The van der Waals surface area contributed by atoms with Gasteiger partial charge in [-0.25, -0.2) is 4.39 Å². The van der Waals surface area contributed by atoms with Crippen LogP contribution in [0.3, 0.4) is 0 Å². The van der Waals surface area contributed by atoms with Gasteiger partial charge in [-0.1, -0.05) is 12.1 Å². The van der Waals surface area contributed by atoms with E-state index in [1.54, 1.807) is 17.0 Å². The van der Waals surface area contributed by atoms with Crippen LogP contribution in [0, 0.1) is 19.7 Å². The molecule has 0 aliphatic carbocycles. The SMILES string of the molecule is Cc1nn(C)c(C)c1CCC(=O)N1C[C@H](O)C[C@@H]1c1ccc(F)cc1. The summed E-state index contributed by atoms with van der Waals surface area (Å²) in [7, 11) is 1.90. The van der Waals surface area contributed by atoms with Crippen LogP contribution in [0.25, 0.3) is 0 Å². The standard InChI is InChI=1S/C19H24FN3O2/c1-12-17(13(2)22(3)21-12)8-9-19(25)23-11-16(24)10-18(23)14-4-6-15(20)7-5-14/h4-7,16,18,24H,8-11H2,1-3H3/t16-,18-/m1/s1. The molecule has 1 saturated heterocycles. The molecule has 1 amide bonds. The Morgan fingerprint density at radius 1 is 1.32 bits per heavy atom. The van der Waals surface area contributed by atoms with Crippen LogP contribution in [0.5, 0.6) is 0 Å². The number of nitrogens with zero attached hydrogens (tertiary/aromatic N) is 3. The van der Waals surface area contributed by atoms with Gasteiger partial charge in [0.15, 0.2) is 0 Å². The number of β-amino-alcohol motifs (C(OH)–C–C–N with tert-alkyl or cyclic N) is 1. The monoisotopic (exact) mass is 345 g/mol. The van der Waals surface area contributed by atoms with Crippen molar-refractivity contribution in [2.24, 2.45) is 7.05 Å². The molecule has 1 aliphatic heterocycles. The molecule has 5 nitrogen and oxygen atoms in total. The second-order valence-electron chi connectivity index (χ2n) is 6.78. The van der Waals surface area contributed by atoms with Crippen molar-refractivity contribution in [3.63, 3.8) is 0 Å². The summed E-state index contributed by atoms with van der Waals surface area (Å²) in [5.74, 6) is -0.295. The first-order chi connectivity index (χ1) is 11.9. The summed E-state index contributed by atoms with van der Waals surface area (Å²) in [4.78, 5) is 14.5. The zero-order valence-electron chi connectivity index (χ0n) is 14.9. The number of halogens is 1. The minimum absolute atomic E-state index is 0.00790. The molecule has 0 spiro atoms. The van der Waals surface area contributed by atoms with Gasteiger partial charge in [0.05, 0.1) is 17.8 Å². The molecule has 1 N–H and O–H groups in total. The third kappa shape index (κ3) is 3.58. The molecule has 6 heteroatoms. The van der Waals surface area contributed by atoms with E-state index in [4.69, 9.17) is 0 Å². The minimum Gasteiger partial charge on any atom is -0.391 e. The van der Waals surface area contributed by atoms with Crippen molar-refractivity contribution in [3.8, 4) is 0 Å². The number of aliphatic hydroxyl groups is 1. The zero-order valence-corrected chi connectivity index (χ0v) is 14.9. The van der Waals surface area contributed by atoms with Gasteiger partial charge in [0.25, 0.3) is 0 Å². The first-order valence-corrected chi connectivity index (χ1v) is 8.59. The molecule has 1 aromatic carbocycles. The number of hydrogen-bond donors (Lipinski definition) is 1. The van der Waals surface area contributed by atoms with Crippen molar-refractivity contribution in [2.75, 3.05) is 6.54 Å². The van der Waals surface area contributed by atoms with Gasteiger partial charge in [-0.05, 0) is 49.9 Å². The van der Waals surface area contributed by atoms with E-state index in [-0.39, 0.29) is 17.8 Å². The number of amides is 1. The van der Waals surface area contributed by atoms with Crippen molar-refractivity contribution in [3.05, 3.63) is 52.6 Å². The predicted octanol–water partition coefficient (Wildman–Crippen LogP) is 2.44. The van der Waals surface area contributed by atoms with Gasteiger partial charge < -0.3 is 10.0 Å². The van der Waals surface area contributed by atoms with E-state index in [0.29, 0.717) is 25.8 Å². The topological polar surface area (TPSA) is 58.4 Å². The molecule has 3 rings (SSSR count). The average molecular weight is 345 g/mol. The van der Waals surface area contributed by atoms with Crippen LogP contribution >= 0.6 is 0 Å². The summed E-state index contributed by atoms with van der Waals surface area (Å²) in [6, 6.07) is 5.97. The second-order valence-corrected chi connectivity index (χ2v) is 6.78. The number of aryl methyl sites for hydroxylation is 2. The van der Waals surface area contributed by atoms with Gasteiger partial charge in [-0.15, -0.1) is 0 Å². The molecule has 1 aliphatic rings. The highest BCUT2D eigenvalue weighted by atomic mass is 19.1. The second kappa shape index (κ2) is 6.96. The van der Waals surface area contributed by atoms with Crippen molar-refractivity contribution >= 4 is 5.91 Å². The average Bonchev–Trinajstić information content (AvgIpc) is 3.07. The Bertz CT molecular complexity index is 770. The highest BCUT2D eigenvalue weighted by molar-refractivity contribution is 5.77. The number of benzene rings is 1. The Hall–Kier alpha value is -2.21. The number of rotatable bonds is 4. The van der Waals surface area contributed by atoms with Gasteiger partial charge >= 0.3 is 0 Å². The summed E-state index contributed by atoms with van der Waals surface area (Å²) in [5, 5.41) is 14.4. The summed E-state index contributed by atoms with van der Waals surface area (Å²) in [6.45, 7) is 4.28. The summed E-state index contributed by atoms with van der Waals surface area (Å²) in [6.07, 6.45) is 0.952. The smallest absolute Gasteiger partial charge is 0.223 e. The van der Waals surface area contributed by atoms with Crippen molar-refractivity contribution in [2.45, 2.75) is 45.3 Å². The van der Waals surface area contributed by atoms with Gasteiger partial charge in [0.2, 0.25) is 5.91 Å². The Morgan fingerprint density at radius 2 is 2.00 bits per heavy atom. The first kappa shape index (κ1) is 17.6. The van der Waals surface area contributed by atoms with Gasteiger partial charge in [0.1, 0.15) is 5.82 Å². The Labute approximate surface area is 147 Å². The number of carbonyl (C=O) groups excluding carboxylic acids is 1. The van der Waals surface area contributed by atoms with Crippen LogP contribution in [-0.4, -0.2) is 38.3 Å². The summed E-state index contributed by atoms with van der Waals surface area (Å²) >= 11 is 0. The van der Waals surface area contributed by atoms with E-state index in [1.165, 1.54) is 12.1 Å². The number of carbonyl (C=O) groups is 1. The third-order valence-corrected chi connectivity index (χ3v) is 5.10. The number of aromatic nitrogens is 2. The zero-order chi connectivity index (χ0) is 18.1. The van der Waals surface area contributed by atoms with E-state index in [9.17, 15) is 14.3 Å². The molecule has 1 fully saturated rings. The molecule has 2 aromatic rings. The highest BCUT2D eigenvalue weighted by Crippen LogP contribution is 2.33. The first-order valence-electron chi connectivity index (χ1n) is 8.59. The molecular weight excluding hydrogens is 321 g/mol. The fraction of sp³-hybridized carbons (Fsp3) is 0.474. The summed E-state index contributed by atoms with van der Waals surface area (Å²) in [5.41, 5.74) is 3.99. The molecule has 134 valence electrons. The van der Waals surface area contributed by atoms with Gasteiger partial charge in [-0.3, -0.25) is 9.48 Å². The normalized spacial score (nSPS) is 20.3. The Balaban J connectivity index is 1.72. The maximum Gasteiger partial charge on any atom is 0.223 e. The van der Waals surface area contributed by atoms with Gasteiger partial charge in [-0.2, -0.15) is 5.10 Å². The minimum atomic E-state index is -0.541. The van der Waals surface area contributed by atoms with Gasteiger partial charge in [0, 0.05) is 25.7 Å². The lowest BCUT2D eigenvalue weighted by Gasteiger charge is -2.25. The lowest BCUT2D eigenvalue weighted by atomic mass is 10.0. The van der Waals surface area contributed by atoms with Crippen LogP contribution in [0.4, 0.5) is 4.39 Å².